The monoisotopic (exact) mass is 460 g/mol. The zero-order chi connectivity index (χ0) is 23.9. The lowest BCUT2D eigenvalue weighted by Crippen LogP contribution is -2.26. The van der Waals surface area contributed by atoms with E-state index in [0.29, 0.717) is 5.92 Å². The van der Waals surface area contributed by atoms with Gasteiger partial charge >= 0.3 is 0 Å². The van der Waals surface area contributed by atoms with Crippen molar-refractivity contribution in [2.24, 2.45) is 16.3 Å². The van der Waals surface area contributed by atoms with Gasteiger partial charge in [-0.2, -0.15) is 5.26 Å². The molecule has 33 heavy (non-hydrogen) atoms. The summed E-state index contributed by atoms with van der Waals surface area (Å²) >= 11 is 1.65. The van der Waals surface area contributed by atoms with E-state index in [1.54, 1.807) is 23.5 Å². The maximum Gasteiger partial charge on any atom is 0.269 e. The Bertz CT molecular complexity index is 1280. The van der Waals surface area contributed by atoms with Crippen LogP contribution in [0.5, 0.6) is 0 Å². The summed E-state index contributed by atoms with van der Waals surface area (Å²) < 4.78 is 2.06. The molecule has 0 saturated carbocycles. The molecule has 1 aromatic carbocycles. The van der Waals surface area contributed by atoms with Gasteiger partial charge in [-0.3, -0.25) is 10.1 Å². The number of aryl methyl sites for hydroxylation is 1. The van der Waals surface area contributed by atoms with Crippen LogP contribution in [0, 0.1) is 46.6 Å². The van der Waals surface area contributed by atoms with Gasteiger partial charge in [-0.15, -0.1) is 11.3 Å². The van der Waals surface area contributed by atoms with Crippen molar-refractivity contribution in [3.05, 3.63) is 73.4 Å². The number of nitro benzene ring substituents is 1. The Morgan fingerprint density at radius 2 is 1.97 bits per heavy atom. The predicted octanol–water partition coefficient (Wildman–Crippen LogP) is 6.84. The van der Waals surface area contributed by atoms with Crippen LogP contribution >= 0.6 is 11.3 Å². The Balaban J connectivity index is 1.64. The molecule has 0 fully saturated rings. The van der Waals surface area contributed by atoms with E-state index in [1.165, 1.54) is 22.6 Å². The SMILES string of the molecule is Cc1cc(C=Nc2sc3c(c2C#N)CC[C@@H](C(C)(C)C)C3)c(C)n1-c1ccc([N+](=O)[O-])cc1. The lowest BCUT2D eigenvalue weighted by atomic mass is 9.72. The van der Waals surface area contributed by atoms with Crippen LogP contribution in [0.1, 0.15) is 60.1 Å². The van der Waals surface area contributed by atoms with Crippen LogP contribution in [0.15, 0.2) is 35.3 Å². The number of fused-ring (bicyclic) bond motifs is 1. The van der Waals surface area contributed by atoms with Crippen LogP contribution in [0.3, 0.4) is 0 Å². The first kappa shape index (κ1) is 22.9. The average molecular weight is 461 g/mol. The van der Waals surface area contributed by atoms with Crippen LogP contribution in [0.4, 0.5) is 10.7 Å². The van der Waals surface area contributed by atoms with E-state index in [4.69, 9.17) is 4.99 Å². The predicted molar refractivity (Wildman–Crippen MR) is 133 cm³/mol. The number of nitro groups is 1. The van der Waals surface area contributed by atoms with E-state index in [9.17, 15) is 15.4 Å². The second kappa shape index (κ2) is 8.60. The minimum absolute atomic E-state index is 0.0717. The minimum Gasteiger partial charge on any atom is -0.318 e. The number of aliphatic imine (C=N–C) groups is 1. The molecule has 1 atom stereocenters. The molecule has 4 rings (SSSR count). The van der Waals surface area contributed by atoms with Crippen molar-refractivity contribution in [1.29, 1.82) is 5.26 Å². The maximum absolute atomic E-state index is 11.0. The molecule has 2 aromatic heterocycles. The standard InChI is InChI=1S/C26H28N4O2S/c1-16-12-18(17(2)29(16)20-7-9-21(10-8-20)30(31)32)15-28-25-23(14-27)22-11-6-19(26(3,4)5)13-24(22)33-25/h7-10,12,15,19H,6,11,13H2,1-5H3/t19-/m1/s1. The number of nitriles is 1. The number of rotatable bonds is 4. The topological polar surface area (TPSA) is 84.2 Å². The lowest BCUT2D eigenvalue weighted by molar-refractivity contribution is -0.384. The van der Waals surface area contributed by atoms with Gasteiger partial charge in [0.25, 0.3) is 5.69 Å². The van der Waals surface area contributed by atoms with Crippen molar-refractivity contribution in [2.45, 2.75) is 53.9 Å². The molecule has 2 heterocycles. The van der Waals surface area contributed by atoms with Gasteiger partial charge < -0.3 is 4.57 Å². The molecule has 3 aromatic rings. The number of thiophene rings is 1. The second-order valence-corrected chi connectivity index (χ2v) is 10.9. The third kappa shape index (κ3) is 4.36. The Hall–Kier alpha value is -3.24. The summed E-state index contributed by atoms with van der Waals surface area (Å²) in [5.41, 5.74) is 6.09. The largest absolute Gasteiger partial charge is 0.318 e. The molecule has 0 radical (unpaired) electrons. The number of aromatic nitrogens is 1. The molecular formula is C26H28N4O2S. The first-order chi connectivity index (χ1) is 15.6. The van der Waals surface area contributed by atoms with Crippen LogP contribution < -0.4 is 0 Å². The molecule has 0 amide bonds. The van der Waals surface area contributed by atoms with Crippen LogP contribution in [-0.2, 0) is 12.8 Å². The van der Waals surface area contributed by atoms with Crippen molar-refractivity contribution < 1.29 is 4.92 Å². The molecule has 7 heteroatoms. The average Bonchev–Trinajstić information content (AvgIpc) is 3.26. The zero-order valence-electron chi connectivity index (χ0n) is 19.7. The van der Waals surface area contributed by atoms with Gasteiger partial charge in [0.1, 0.15) is 11.1 Å². The van der Waals surface area contributed by atoms with E-state index >= 15 is 0 Å². The van der Waals surface area contributed by atoms with Crippen LogP contribution in [0.2, 0.25) is 0 Å². The lowest BCUT2D eigenvalue weighted by Gasteiger charge is -2.33. The molecule has 0 N–H and O–H groups in total. The molecule has 1 aliphatic rings. The van der Waals surface area contributed by atoms with Crippen molar-refractivity contribution in [3.63, 3.8) is 0 Å². The fraction of sp³-hybridized carbons (Fsp3) is 0.385. The molecule has 1 aliphatic carbocycles. The van der Waals surface area contributed by atoms with E-state index < -0.39 is 4.92 Å². The van der Waals surface area contributed by atoms with E-state index in [1.807, 2.05) is 20.1 Å². The Labute approximate surface area is 198 Å². The molecule has 0 unspecified atom stereocenters. The second-order valence-electron chi connectivity index (χ2n) is 9.80. The summed E-state index contributed by atoms with van der Waals surface area (Å²) in [6, 6.07) is 11.0. The summed E-state index contributed by atoms with van der Waals surface area (Å²) in [4.78, 5) is 16.6. The Kier molecular flexibility index (Phi) is 5.98. The summed E-state index contributed by atoms with van der Waals surface area (Å²) in [5, 5.41) is 21.6. The third-order valence-corrected chi connectivity index (χ3v) is 7.86. The van der Waals surface area contributed by atoms with Crippen LogP contribution in [0.25, 0.3) is 5.69 Å². The van der Waals surface area contributed by atoms with E-state index in [2.05, 4.69) is 37.5 Å². The summed E-state index contributed by atoms with van der Waals surface area (Å²) in [6.45, 7) is 10.9. The number of benzene rings is 1. The van der Waals surface area contributed by atoms with Gasteiger partial charge in [0, 0.05) is 45.9 Å². The first-order valence-corrected chi connectivity index (χ1v) is 11.9. The quantitative estimate of drug-likeness (QED) is 0.243. The molecule has 0 saturated heterocycles. The Morgan fingerprint density at radius 1 is 1.27 bits per heavy atom. The third-order valence-electron chi connectivity index (χ3n) is 6.69. The van der Waals surface area contributed by atoms with Gasteiger partial charge in [0.15, 0.2) is 0 Å². The van der Waals surface area contributed by atoms with Gasteiger partial charge in [-0.25, -0.2) is 4.99 Å². The van der Waals surface area contributed by atoms with Gasteiger partial charge in [0.2, 0.25) is 0 Å². The number of nitrogens with zero attached hydrogens (tertiary/aromatic N) is 4. The van der Waals surface area contributed by atoms with Gasteiger partial charge in [-0.05, 0) is 68.2 Å². The molecule has 170 valence electrons. The van der Waals surface area contributed by atoms with Crippen molar-refractivity contribution in [1.82, 2.24) is 4.57 Å². The molecule has 0 bridgehead atoms. The molecule has 0 spiro atoms. The molecular weight excluding hydrogens is 432 g/mol. The summed E-state index contributed by atoms with van der Waals surface area (Å²) in [5.74, 6) is 0.618. The summed E-state index contributed by atoms with van der Waals surface area (Å²) in [6.07, 6.45) is 4.91. The number of hydrogen-bond acceptors (Lipinski definition) is 5. The smallest absolute Gasteiger partial charge is 0.269 e. The fourth-order valence-electron chi connectivity index (χ4n) is 4.68. The summed E-state index contributed by atoms with van der Waals surface area (Å²) in [7, 11) is 0. The minimum atomic E-state index is -0.394. The number of hydrogen-bond donors (Lipinski definition) is 0. The maximum atomic E-state index is 11.0. The Morgan fingerprint density at radius 3 is 2.58 bits per heavy atom. The van der Waals surface area contributed by atoms with Crippen LogP contribution in [-0.4, -0.2) is 15.7 Å². The van der Waals surface area contributed by atoms with Crippen molar-refractivity contribution >= 4 is 28.2 Å². The highest BCUT2D eigenvalue weighted by Crippen LogP contribution is 2.44. The first-order valence-electron chi connectivity index (χ1n) is 11.1. The fourth-order valence-corrected chi connectivity index (χ4v) is 5.91. The van der Waals surface area contributed by atoms with Gasteiger partial charge in [0.05, 0.1) is 10.5 Å². The van der Waals surface area contributed by atoms with Crippen molar-refractivity contribution in [2.75, 3.05) is 0 Å². The zero-order valence-corrected chi connectivity index (χ0v) is 20.5. The number of non-ortho nitro benzene ring substituents is 1. The van der Waals surface area contributed by atoms with Gasteiger partial charge in [-0.1, -0.05) is 20.8 Å². The normalized spacial score (nSPS) is 16.1. The highest BCUT2D eigenvalue weighted by molar-refractivity contribution is 7.16. The highest BCUT2D eigenvalue weighted by Gasteiger charge is 2.32. The van der Waals surface area contributed by atoms with E-state index in [0.717, 1.165) is 52.5 Å². The van der Waals surface area contributed by atoms with Crippen molar-refractivity contribution in [3.8, 4) is 11.8 Å². The molecule has 0 aliphatic heterocycles. The highest BCUT2D eigenvalue weighted by atomic mass is 32.1. The molecule has 6 nitrogen and oxygen atoms in total. The van der Waals surface area contributed by atoms with E-state index in [-0.39, 0.29) is 11.1 Å².